The van der Waals surface area contributed by atoms with Crippen molar-refractivity contribution in [1.82, 2.24) is 4.90 Å². The highest BCUT2D eigenvalue weighted by Crippen LogP contribution is 2.32. The van der Waals surface area contributed by atoms with Crippen LogP contribution in [0.2, 0.25) is 0 Å². The molecule has 0 saturated heterocycles. The van der Waals surface area contributed by atoms with E-state index in [0.29, 0.717) is 18.4 Å². The van der Waals surface area contributed by atoms with Crippen molar-refractivity contribution in [2.24, 2.45) is 5.10 Å². The van der Waals surface area contributed by atoms with Crippen molar-refractivity contribution in [2.45, 2.75) is 32.7 Å². The van der Waals surface area contributed by atoms with Crippen molar-refractivity contribution in [1.29, 1.82) is 5.26 Å². The first-order chi connectivity index (χ1) is 14.0. The van der Waals surface area contributed by atoms with Crippen LogP contribution < -0.4 is 5.43 Å². The number of nitrogens with zero attached hydrogens (tertiary/aromatic N) is 3. The first-order valence-corrected chi connectivity index (χ1v) is 9.37. The topological polar surface area (TPSA) is 103 Å². The summed E-state index contributed by atoms with van der Waals surface area (Å²) in [5.74, 6) is -1.27. The first-order valence-electron chi connectivity index (χ1n) is 9.37. The summed E-state index contributed by atoms with van der Waals surface area (Å²) in [4.78, 5) is 39.4. The standard InChI is InChI=1S/C22H20N4O3/c1-3-15(4-2)26-21(28)16-11-8-12-17(19(16)22(26)29)24-25-18(13-23)20(27)14-9-6-5-7-10-14/h5-12,15,24H,3-4H2,1-2H3. The summed E-state index contributed by atoms with van der Waals surface area (Å²) >= 11 is 0. The Kier molecular flexibility index (Phi) is 5.84. The van der Waals surface area contributed by atoms with Gasteiger partial charge in [0.2, 0.25) is 11.5 Å². The number of nitriles is 1. The summed E-state index contributed by atoms with van der Waals surface area (Å²) in [5.41, 5.74) is 3.40. The molecule has 3 rings (SSSR count). The molecule has 2 aromatic rings. The molecule has 2 amide bonds. The lowest BCUT2D eigenvalue weighted by molar-refractivity contribution is 0.0576. The quantitative estimate of drug-likeness (QED) is 0.338. The Morgan fingerprint density at radius 3 is 2.38 bits per heavy atom. The average molecular weight is 388 g/mol. The number of fused-ring (bicyclic) bond motifs is 1. The number of hydrogen-bond donors (Lipinski definition) is 1. The Hall–Kier alpha value is -3.79. The normalized spacial score (nSPS) is 13.4. The minimum absolute atomic E-state index is 0.187. The SMILES string of the molecule is CCC(CC)N1C(=O)c2cccc(NN=C(C#N)C(=O)c3ccccc3)c2C1=O. The molecule has 1 aliphatic rings. The molecule has 0 radical (unpaired) electrons. The van der Waals surface area contributed by atoms with E-state index in [1.807, 2.05) is 13.8 Å². The maximum absolute atomic E-state index is 12.9. The minimum atomic E-state index is -0.533. The second-order valence-corrected chi connectivity index (χ2v) is 6.56. The predicted molar refractivity (Wildman–Crippen MR) is 109 cm³/mol. The van der Waals surface area contributed by atoms with Gasteiger partial charge in [-0.1, -0.05) is 50.2 Å². The molecular formula is C22H20N4O3. The number of Topliss-reactive ketones (excluding diaryl/α,β-unsaturated/α-hetero) is 1. The summed E-state index contributed by atoms with van der Waals surface area (Å²) in [6.07, 6.45) is 1.32. The largest absolute Gasteiger partial charge is 0.286 e. The van der Waals surface area contributed by atoms with Gasteiger partial charge in [-0.3, -0.25) is 24.7 Å². The molecule has 2 aromatic carbocycles. The number of rotatable bonds is 7. The van der Waals surface area contributed by atoms with Gasteiger partial charge in [-0.15, -0.1) is 0 Å². The van der Waals surface area contributed by atoms with Crippen molar-refractivity contribution in [3.63, 3.8) is 0 Å². The van der Waals surface area contributed by atoms with Gasteiger partial charge in [0.25, 0.3) is 11.8 Å². The second kappa shape index (κ2) is 8.48. The van der Waals surface area contributed by atoms with E-state index in [2.05, 4.69) is 10.5 Å². The molecular weight excluding hydrogens is 368 g/mol. The number of imide groups is 1. The Morgan fingerprint density at radius 2 is 1.76 bits per heavy atom. The van der Waals surface area contributed by atoms with Crippen LogP contribution in [0.25, 0.3) is 0 Å². The zero-order valence-corrected chi connectivity index (χ0v) is 16.2. The lowest BCUT2D eigenvalue weighted by Gasteiger charge is -2.23. The minimum Gasteiger partial charge on any atom is -0.286 e. The van der Waals surface area contributed by atoms with Gasteiger partial charge in [-0.2, -0.15) is 10.4 Å². The van der Waals surface area contributed by atoms with E-state index in [1.165, 1.54) is 4.90 Å². The maximum atomic E-state index is 12.9. The van der Waals surface area contributed by atoms with E-state index in [9.17, 15) is 19.6 Å². The van der Waals surface area contributed by atoms with Gasteiger partial charge in [0, 0.05) is 11.6 Å². The highest BCUT2D eigenvalue weighted by molar-refractivity contribution is 6.51. The fraction of sp³-hybridized carbons (Fsp3) is 0.227. The number of benzene rings is 2. The highest BCUT2D eigenvalue weighted by Gasteiger charge is 2.40. The van der Waals surface area contributed by atoms with Gasteiger partial charge in [0.1, 0.15) is 6.07 Å². The third-order valence-corrected chi connectivity index (χ3v) is 4.90. The number of hydrazone groups is 1. The molecule has 29 heavy (non-hydrogen) atoms. The number of carbonyl (C=O) groups excluding carboxylic acids is 3. The molecule has 7 heteroatoms. The van der Waals surface area contributed by atoms with E-state index in [4.69, 9.17) is 0 Å². The third-order valence-electron chi connectivity index (χ3n) is 4.90. The van der Waals surface area contributed by atoms with Crippen LogP contribution in [0.5, 0.6) is 0 Å². The van der Waals surface area contributed by atoms with Gasteiger partial charge in [0.05, 0.1) is 16.8 Å². The fourth-order valence-corrected chi connectivity index (χ4v) is 3.35. The van der Waals surface area contributed by atoms with Gasteiger partial charge in [-0.25, -0.2) is 0 Å². The summed E-state index contributed by atoms with van der Waals surface area (Å²) in [6.45, 7) is 3.85. The molecule has 0 unspecified atom stereocenters. The van der Waals surface area contributed by atoms with Crippen molar-refractivity contribution in [2.75, 3.05) is 5.43 Å². The number of carbonyl (C=O) groups is 3. The van der Waals surface area contributed by atoms with Crippen LogP contribution >= 0.6 is 0 Å². The van der Waals surface area contributed by atoms with Crippen LogP contribution in [-0.4, -0.2) is 34.3 Å². The summed E-state index contributed by atoms with van der Waals surface area (Å²) in [5, 5.41) is 13.2. The lowest BCUT2D eigenvalue weighted by Crippen LogP contribution is -2.39. The molecule has 0 aliphatic carbocycles. The van der Waals surface area contributed by atoms with Crippen LogP contribution in [0.15, 0.2) is 53.6 Å². The molecule has 0 fully saturated rings. The molecule has 1 heterocycles. The van der Waals surface area contributed by atoms with Crippen LogP contribution in [0, 0.1) is 11.3 Å². The van der Waals surface area contributed by atoms with E-state index >= 15 is 0 Å². The maximum Gasteiger partial charge on any atom is 0.263 e. The Labute approximate surface area is 168 Å². The zero-order valence-electron chi connectivity index (χ0n) is 16.2. The summed E-state index contributed by atoms with van der Waals surface area (Å²) in [6, 6.07) is 14.7. The zero-order chi connectivity index (χ0) is 21.0. The Balaban J connectivity index is 1.93. The van der Waals surface area contributed by atoms with Crippen LogP contribution in [0.3, 0.4) is 0 Å². The molecule has 146 valence electrons. The monoisotopic (exact) mass is 388 g/mol. The van der Waals surface area contributed by atoms with Gasteiger partial charge >= 0.3 is 0 Å². The number of amides is 2. The highest BCUT2D eigenvalue weighted by atomic mass is 16.2. The van der Waals surface area contributed by atoms with E-state index in [0.717, 1.165) is 0 Å². The van der Waals surface area contributed by atoms with Gasteiger partial charge < -0.3 is 0 Å². The van der Waals surface area contributed by atoms with E-state index < -0.39 is 11.7 Å². The van der Waals surface area contributed by atoms with Crippen molar-refractivity contribution in [3.8, 4) is 6.07 Å². The predicted octanol–water partition coefficient (Wildman–Crippen LogP) is 3.65. The van der Waals surface area contributed by atoms with Crippen LogP contribution in [-0.2, 0) is 0 Å². The molecule has 0 atom stereocenters. The molecule has 7 nitrogen and oxygen atoms in total. The fourth-order valence-electron chi connectivity index (χ4n) is 3.35. The molecule has 0 aromatic heterocycles. The molecule has 1 N–H and O–H groups in total. The Morgan fingerprint density at radius 1 is 1.07 bits per heavy atom. The molecule has 0 spiro atoms. The number of nitrogens with one attached hydrogen (secondary N) is 1. The number of anilines is 1. The summed E-state index contributed by atoms with van der Waals surface area (Å²) in [7, 11) is 0. The number of hydrogen-bond acceptors (Lipinski definition) is 6. The van der Waals surface area contributed by atoms with E-state index in [-0.39, 0.29) is 34.5 Å². The van der Waals surface area contributed by atoms with Crippen molar-refractivity contribution >= 4 is 29.0 Å². The molecule has 1 aliphatic heterocycles. The van der Waals surface area contributed by atoms with Gasteiger partial charge in [0.15, 0.2) is 0 Å². The van der Waals surface area contributed by atoms with Crippen molar-refractivity contribution < 1.29 is 14.4 Å². The molecule has 0 saturated carbocycles. The Bertz CT molecular complexity index is 1030. The van der Waals surface area contributed by atoms with E-state index in [1.54, 1.807) is 54.6 Å². The average Bonchev–Trinajstić information content (AvgIpc) is 3.01. The number of ketones is 1. The smallest absolute Gasteiger partial charge is 0.263 e. The van der Waals surface area contributed by atoms with Gasteiger partial charge in [-0.05, 0) is 25.0 Å². The second-order valence-electron chi connectivity index (χ2n) is 6.56. The van der Waals surface area contributed by atoms with Crippen LogP contribution in [0.4, 0.5) is 5.69 Å². The lowest BCUT2D eigenvalue weighted by atomic mass is 10.1. The van der Waals surface area contributed by atoms with Crippen LogP contribution in [0.1, 0.15) is 57.8 Å². The first kappa shape index (κ1) is 20.0. The molecule has 0 bridgehead atoms. The van der Waals surface area contributed by atoms with Crippen molar-refractivity contribution in [3.05, 3.63) is 65.2 Å². The summed E-state index contributed by atoms with van der Waals surface area (Å²) < 4.78 is 0. The third kappa shape index (κ3) is 3.65.